The first-order valence-corrected chi connectivity index (χ1v) is 13.5. The number of nitrogens with one attached hydrogen (secondary N) is 1. The lowest BCUT2D eigenvalue weighted by Gasteiger charge is -2.44. The molecule has 36 heavy (non-hydrogen) atoms. The minimum Gasteiger partial charge on any atom is -0.378 e. The summed E-state index contributed by atoms with van der Waals surface area (Å²) in [4.78, 5) is 24.6. The van der Waals surface area contributed by atoms with E-state index in [1.165, 1.54) is 12.3 Å². The lowest BCUT2D eigenvalue weighted by molar-refractivity contribution is -0.121. The van der Waals surface area contributed by atoms with Crippen molar-refractivity contribution in [3.05, 3.63) is 23.5 Å². The minimum absolute atomic E-state index is 0.0484. The Hall–Kier alpha value is -1.68. The average molecular weight is 508 g/mol. The van der Waals surface area contributed by atoms with Crippen LogP contribution in [0.3, 0.4) is 0 Å². The van der Waals surface area contributed by atoms with Gasteiger partial charge in [-0.2, -0.15) is 0 Å². The summed E-state index contributed by atoms with van der Waals surface area (Å²) < 4.78 is 35.1. The molecule has 2 saturated heterocycles. The van der Waals surface area contributed by atoms with Gasteiger partial charge in [0.1, 0.15) is 0 Å². The first-order chi connectivity index (χ1) is 17.1. The van der Waals surface area contributed by atoms with E-state index < -0.39 is 5.92 Å². The smallest absolute Gasteiger partial charge is 0.274 e. The van der Waals surface area contributed by atoms with Crippen LogP contribution in [0.1, 0.15) is 65.1 Å². The number of hydrogen-bond acceptors (Lipinski definition) is 6. The van der Waals surface area contributed by atoms with E-state index in [1.807, 2.05) is 13.8 Å². The van der Waals surface area contributed by atoms with Gasteiger partial charge in [0.25, 0.3) is 5.92 Å². The molecule has 0 spiro atoms. The van der Waals surface area contributed by atoms with Gasteiger partial charge in [0.2, 0.25) is 5.91 Å². The molecule has 1 amide bonds. The van der Waals surface area contributed by atoms with Gasteiger partial charge in [0.05, 0.1) is 31.1 Å². The van der Waals surface area contributed by atoms with E-state index in [4.69, 9.17) is 4.74 Å². The fourth-order valence-electron chi connectivity index (χ4n) is 5.86. The topological polar surface area (TPSA) is 60.9 Å². The Morgan fingerprint density at radius 2 is 2.06 bits per heavy atom. The molecule has 2 fully saturated rings. The fraction of sp³-hybridized carbons (Fsp3) is 0.778. The van der Waals surface area contributed by atoms with Gasteiger partial charge in [-0.1, -0.05) is 34.1 Å². The number of pyridine rings is 1. The number of aromatic nitrogens is 1. The predicted octanol–water partition coefficient (Wildman–Crippen LogP) is 3.37. The van der Waals surface area contributed by atoms with E-state index in [-0.39, 0.29) is 41.9 Å². The summed E-state index contributed by atoms with van der Waals surface area (Å²) in [7, 11) is 0. The number of nitrogens with zero attached hydrogens (tertiary/aromatic N) is 4. The van der Waals surface area contributed by atoms with Crippen molar-refractivity contribution in [1.29, 1.82) is 0 Å². The first kappa shape index (κ1) is 27.4. The zero-order valence-corrected chi connectivity index (χ0v) is 22.5. The summed E-state index contributed by atoms with van der Waals surface area (Å²) in [6.45, 7) is 15.7. The highest BCUT2D eigenvalue weighted by molar-refractivity contribution is 5.97. The highest BCUT2D eigenvalue weighted by atomic mass is 19.3. The van der Waals surface area contributed by atoms with Gasteiger partial charge in [0, 0.05) is 74.4 Å². The SMILES string of the molecule is CCCC(F)(F)c1cnc2c(c1)N(C(=O)CN1C[C@@H](C)NC[C@@H]1CN1CCOC[C@H]1CC)CC2(C)C. The van der Waals surface area contributed by atoms with E-state index >= 15 is 0 Å². The largest absolute Gasteiger partial charge is 0.378 e. The zero-order chi connectivity index (χ0) is 26.1. The molecule has 0 saturated carbocycles. The molecular formula is C27H43F2N5O2. The number of piperazine rings is 1. The zero-order valence-electron chi connectivity index (χ0n) is 22.5. The maximum Gasteiger partial charge on any atom is 0.274 e. The summed E-state index contributed by atoms with van der Waals surface area (Å²) in [5.41, 5.74) is 0.764. The lowest BCUT2D eigenvalue weighted by atomic mass is 9.91. The van der Waals surface area contributed by atoms with Gasteiger partial charge in [-0.15, -0.1) is 0 Å². The standard InChI is InChI=1S/C27H43F2N5O2/c1-6-8-27(28,29)20-11-23-25(31-12-20)26(4,5)18-34(23)24(35)16-33-14-19(3)30-13-22(33)15-32-9-10-36-17-21(32)7-2/h11-12,19,21-22,30H,6-10,13-18H2,1-5H3/t19-,21-,22-/m1/s1. The summed E-state index contributed by atoms with van der Waals surface area (Å²) in [5, 5.41) is 3.57. The molecule has 0 bridgehead atoms. The van der Waals surface area contributed by atoms with Crippen molar-refractivity contribution in [2.24, 2.45) is 0 Å². The van der Waals surface area contributed by atoms with Crippen molar-refractivity contribution in [3.8, 4) is 0 Å². The molecule has 7 nitrogen and oxygen atoms in total. The van der Waals surface area contributed by atoms with Crippen LogP contribution in [-0.2, 0) is 20.9 Å². The van der Waals surface area contributed by atoms with Crippen molar-refractivity contribution in [2.45, 2.75) is 83.3 Å². The fourth-order valence-corrected chi connectivity index (χ4v) is 5.86. The molecule has 202 valence electrons. The predicted molar refractivity (Wildman–Crippen MR) is 138 cm³/mol. The van der Waals surface area contributed by atoms with Crippen LogP contribution in [0, 0.1) is 0 Å². The van der Waals surface area contributed by atoms with Gasteiger partial charge in [-0.3, -0.25) is 19.6 Å². The number of carbonyl (C=O) groups excluding carboxylic acids is 1. The summed E-state index contributed by atoms with van der Waals surface area (Å²) >= 11 is 0. The Kier molecular flexibility index (Phi) is 8.34. The van der Waals surface area contributed by atoms with Crippen molar-refractivity contribution in [3.63, 3.8) is 0 Å². The second-order valence-corrected chi connectivity index (χ2v) is 11.4. The van der Waals surface area contributed by atoms with Crippen LogP contribution in [0.4, 0.5) is 14.5 Å². The number of ether oxygens (including phenoxy) is 1. The molecule has 0 radical (unpaired) electrons. The Labute approximate surface area is 214 Å². The number of anilines is 1. The molecule has 4 rings (SSSR count). The number of halogens is 2. The van der Waals surface area contributed by atoms with Gasteiger partial charge in [0.15, 0.2) is 0 Å². The molecule has 0 aromatic carbocycles. The number of alkyl halides is 2. The van der Waals surface area contributed by atoms with Crippen molar-refractivity contribution in [1.82, 2.24) is 20.1 Å². The Bertz CT molecular complexity index is 927. The van der Waals surface area contributed by atoms with Gasteiger partial charge in [-0.25, -0.2) is 8.78 Å². The Morgan fingerprint density at radius 1 is 1.28 bits per heavy atom. The van der Waals surface area contributed by atoms with Crippen molar-refractivity contribution < 1.29 is 18.3 Å². The molecule has 0 unspecified atom stereocenters. The molecule has 0 aliphatic carbocycles. The first-order valence-electron chi connectivity index (χ1n) is 13.5. The number of hydrogen-bond donors (Lipinski definition) is 1. The molecule has 3 aliphatic rings. The molecule has 1 N–H and O–H groups in total. The summed E-state index contributed by atoms with van der Waals surface area (Å²) in [6.07, 6.45) is 2.48. The quantitative estimate of drug-likeness (QED) is 0.582. The van der Waals surface area contributed by atoms with Crippen molar-refractivity contribution >= 4 is 11.6 Å². The molecule has 1 aromatic rings. The third-order valence-electron chi connectivity index (χ3n) is 7.97. The number of morpholine rings is 1. The third-order valence-corrected chi connectivity index (χ3v) is 7.97. The number of fused-ring (bicyclic) bond motifs is 1. The van der Waals surface area contributed by atoms with E-state index in [9.17, 15) is 13.6 Å². The van der Waals surface area contributed by atoms with Crippen LogP contribution in [0.2, 0.25) is 0 Å². The molecular weight excluding hydrogens is 464 g/mol. The highest BCUT2D eigenvalue weighted by Gasteiger charge is 2.42. The van der Waals surface area contributed by atoms with E-state index in [2.05, 4.69) is 33.9 Å². The van der Waals surface area contributed by atoms with Gasteiger partial charge >= 0.3 is 0 Å². The number of carbonyl (C=O) groups is 1. The summed E-state index contributed by atoms with van der Waals surface area (Å²) in [6, 6.07) is 2.38. The molecule has 1 aromatic heterocycles. The number of amides is 1. The third kappa shape index (κ3) is 5.74. The van der Waals surface area contributed by atoms with E-state index in [1.54, 1.807) is 11.8 Å². The van der Waals surface area contributed by atoms with Gasteiger partial charge < -0.3 is 15.0 Å². The van der Waals surface area contributed by atoms with Crippen LogP contribution in [0.25, 0.3) is 0 Å². The average Bonchev–Trinajstić information content (AvgIpc) is 3.11. The molecule has 3 atom stereocenters. The van der Waals surface area contributed by atoms with Crippen LogP contribution in [0.15, 0.2) is 12.3 Å². The Balaban J connectivity index is 1.53. The second-order valence-electron chi connectivity index (χ2n) is 11.4. The highest BCUT2D eigenvalue weighted by Crippen LogP contribution is 2.42. The monoisotopic (exact) mass is 507 g/mol. The van der Waals surface area contributed by atoms with Crippen molar-refractivity contribution in [2.75, 3.05) is 57.4 Å². The van der Waals surface area contributed by atoms with E-state index in [0.29, 0.717) is 24.7 Å². The molecule has 9 heteroatoms. The molecule has 3 aliphatic heterocycles. The van der Waals surface area contributed by atoms with Crippen LogP contribution < -0.4 is 10.2 Å². The Morgan fingerprint density at radius 3 is 2.78 bits per heavy atom. The van der Waals surface area contributed by atoms with Crippen LogP contribution in [0.5, 0.6) is 0 Å². The van der Waals surface area contributed by atoms with Crippen LogP contribution in [-0.4, -0.2) is 91.3 Å². The number of rotatable bonds is 8. The normalized spacial score (nSPS) is 27.3. The maximum atomic E-state index is 14.7. The van der Waals surface area contributed by atoms with Gasteiger partial charge in [-0.05, 0) is 19.4 Å². The second kappa shape index (κ2) is 11.0. The summed E-state index contributed by atoms with van der Waals surface area (Å²) in [5.74, 6) is -3.00. The van der Waals surface area contributed by atoms with Crippen LogP contribution >= 0.6 is 0 Å². The lowest BCUT2D eigenvalue weighted by Crippen LogP contribution is -2.62. The molecule has 4 heterocycles. The minimum atomic E-state index is -2.95. The van der Waals surface area contributed by atoms with E-state index in [0.717, 1.165) is 51.5 Å². The maximum absolute atomic E-state index is 14.7.